The lowest BCUT2D eigenvalue weighted by atomic mass is 10.1. The molecule has 0 bridgehead atoms. The summed E-state index contributed by atoms with van der Waals surface area (Å²) < 4.78 is 10.5. The summed E-state index contributed by atoms with van der Waals surface area (Å²) in [6, 6.07) is -0.477. The van der Waals surface area contributed by atoms with E-state index in [1.165, 1.54) is 0 Å². The van der Waals surface area contributed by atoms with Crippen molar-refractivity contribution in [2.75, 3.05) is 40.0 Å². The fraction of sp³-hybridized carbons (Fsp3) is 0.833. The molecular formula is C12H20N2O5. The van der Waals surface area contributed by atoms with E-state index in [0.717, 1.165) is 6.42 Å². The zero-order chi connectivity index (χ0) is 13.8. The zero-order valence-corrected chi connectivity index (χ0v) is 11.1. The Balaban J connectivity index is 1.97. The monoisotopic (exact) mass is 272 g/mol. The Morgan fingerprint density at radius 3 is 2.84 bits per heavy atom. The molecule has 2 heterocycles. The average Bonchev–Trinajstić information content (AvgIpc) is 2.86. The minimum Gasteiger partial charge on any atom is -0.481 e. The molecule has 108 valence electrons. The molecule has 2 aliphatic rings. The standard InChI is InChI=1S/C12H20N2O5/c1-18-10-2-3-13(7-10)12(17)14-4-5-19-8-9(14)6-11(15)16/h9-10H,2-8H2,1H3,(H,15,16). The van der Waals surface area contributed by atoms with E-state index >= 15 is 0 Å². The molecule has 2 rings (SSSR count). The van der Waals surface area contributed by atoms with Crippen LogP contribution in [0.2, 0.25) is 0 Å². The molecule has 2 amide bonds. The second kappa shape index (κ2) is 6.21. The van der Waals surface area contributed by atoms with Gasteiger partial charge in [0.05, 0.1) is 31.8 Å². The minimum atomic E-state index is -0.913. The third-order valence-corrected chi connectivity index (χ3v) is 3.63. The Bertz CT molecular complexity index is 349. The number of aliphatic carboxylic acids is 1. The molecule has 2 atom stereocenters. The molecule has 0 spiro atoms. The fourth-order valence-electron chi connectivity index (χ4n) is 2.55. The van der Waals surface area contributed by atoms with Gasteiger partial charge in [0, 0.05) is 26.7 Å². The van der Waals surface area contributed by atoms with Crippen molar-refractivity contribution < 1.29 is 24.2 Å². The van der Waals surface area contributed by atoms with E-state index in [9.17, 15) is 9.59 Å². The highest BCUT2D eigenvalue weighted by Crippen LogP contribution is 2.18. The van der Waals surface area contributed by atoms with Gasteiger partial charge in [0.1, 0.15) is 0 Å². The molecule has 2 aliphatic heterocycles. The molecule has 0 aromatic carbocycles. The fourth-order valence-corrected chi connectivity index (χ4v) is 2.55. The summed E-state index contributed by atoms with van der Waals surface area (Å²) in [4.78, 5) is 26.6. The summed E-state index contributed by atoms with van der Waals surface area (Å²) >= 11 is 0. The van der Waals surface area contributed by atoms with E-state index in [0.29, 0.717) is 32.8 Å². The molecule has 19 heavy (non-hydrogen) atoms. The number of carboxylic acids is 1. The number of urea groups is 1. The van der Waals surface area contributed by atoms with Gasteiger partial charge in [-0.2, -0.15) is 0 Å². The number of carboxylic acid groups (broad SMARTS) is 1. The van der Waals surface area contributed by atoms with Crippen LogP contribution in [0.15, 0.2) is 0 Å². The van der Waals surface area contributed by atoms with Crippen molar-refractivity contribution in [3.8, 4) is 0 Å². The molecule has 7 heteroatoms. The Morgan fingerprint density at radius 2 is 2.21 bits per heavy atom. The number of ether oxygens (including phenoxy) is 2. The molecule has 0 aromatic rings. The van der Waals surface area contributed by atoms with Crippen molar-refractivity contribution in [2.24, 2.45) is 0 Å². The van der Waals surface area contributed by atoms with Gasteiger partial charge >= 0.3 is 12.0 Å². The van der Waals surface area contributed by atoms with Crippen molar-refractivity contribution in [1.82, 2.24) is 9.80 Å². The molecule has 0 aromatic heterocycles. The number of rotatable bonds is 3. The Labute approximate surface area is 112 Å². The molecule has 2 unspecified atom stereocenters. The third-order valence-electron chi connectivity index (χ3n) is 3.63. The van der Waals surface area contributed by atoms with Crippen LogP contribution in [0.3, 0.4) is 0 Å². The van der Waals surface area contributed by atoms with Crippen molar-refractivity contribution in [1.29, 1.82) is 0 Å². The molecular weight excluding hydrogens is 252 g/mol. The first-order valence-electron chi connectivity index (χ1n) is 6.49. The molecule has 0 aliphatic carbocycles. The number of methoxy groups -OCH3 is 1. The number of hydrogen-bond acceptors (Lipinski definition) is 4. The highest BCUT2D eigenvalue weighted by molar-refractivity contribution is 5.76. The topological polar surface area (TPSA) is 79.3 Å². The summed E-state index contributed by atoms with van der Waals surface area (Å²) in [5, 5.41) is 8.88. The normalized spacial score (nSPS) is 27.6. The summed E-state index contributed by atoms with van der Waals surface area (Å²) in [5.41, 5.74) is 0. The number of nitrogens with zero attached hydrogens (tertiary/aromatic N) is 2. The maximum absolute atomic E-state index is 12.4. The lowest BCUT2D eigenvalue weighted by Crippen LogP contribution is -2.54. The number of carbonyl (C=O) groups is 2. The van der Waals surface area contributed by atoms with Crippen LogP contribution >= 0.6 is 0 Å². The summed E-state index contributed by atoms with van der Waals surface area (Å²) in [6.45, 7) is 2.44. The first-order valence-corrected chi connectivity index (χ1v) is 6.49. The summed E-state index contributed by atoms with van der Waals surface area (Å²) in [5.74, 6) is -0.913. The molecule has 2 fully saturated rings. The van der Waals surface area contributed by atoms with Crippen LogP contribution in [0.1, 0.15) is 12.8 Å². The number of hydrogen-bond donors (Lipinski definition) is 1. The van der Waals surface area contributed by atoms with Crippen molar-refractivity contribution in [3.63, 3.8) is 0 Å². The predicted molar refractivity (Wildman–Crippen MR) is 65.9 cm³/mol. The first kappa shape index (κ1) is 14.1. The van der Waals surface area contributed by atoms with Crippen LogP contribution in [0.4, 0.5) is 4.79 Å². The number of morpholine rings is 1. The van der Waals surface area contributed by atoms with Gasteiger partial charge in [-0.25, -0.2) is 4.79 Å². The maximum atomic E-state index is 12.4. The van der Waals surface area contributed by atoms with Crippen molar-refractivity contribution >= 4 is 12.0 Å². The van der Waals surface area contributed by atoms with E-state index in [1.807, 2.05) is 0 Å². The second-order valence-electron chi connectivity index (χ2n) is 4.89. The summed E-state index contributed by atoms with van der Waals surface area (Å²) in [6.07, 6.45) is 0.839. The van der Waals surface area contributed by atoms with Crippen LogP contribution in [0.25, 0.3) is 0 Å². The van der Waals surface area contributed by atoms with Crippen LogP contribution in [0, 0.1) is 0 Å². The summed E-state index contributed by atoms with van der Waals surface area (Å²) in [7, 11) is 1.64. The SMILES string of the molecule is COC1CCN(C(=O)N2CCOCC2CC(=O)O)C1. The van der Waals surface area contributed by atoms with Gasteiger partial charge in [-0.1, -0.05) is 0 Å². The van der Waals surface area contributed by atoms with Crippen molar-refractivity contribution in [2.45, 2.75) is 25.0 Å². The molecule has 0 saturated carbocycles. The van der Waals surface area contributed by atoms with Crippen LogP contribution < -0.4 is 0 Å². The molecule has 0 radical (unpaired) electrons. The Kier molecular flexibility index (Phi) is 4.60. The van der Waals surface area contributed by atoms with Gasteiger partial charge in [0.25, 0.3) is 0 Å². The molecule has 2 saturated heterocycles. The Morgan fingerprint density at radius 1 is 1.42 bits per heavy atom. The third kappa shape index (κ3) is 3.36. The largest absolute Gasteiger partial charge is 0.481 e. The van der Waals surface area contributed by atoms with Crippen LogP contribution in [-0.4, -0.2) is 79.0 Å². The quantitative estimate of drug-likeness (QED) is 0.782. The highest BCUT2D eigenvalue weighted by Gasteiger charge is 2.35. The predicted octanol–water partition coefficient (Wildman–Crippen LogP) is 0.00260. The Hall–Kier alpha value is -1.34. The van der Waals surface area contributed by atoms with Gasteiger partial charge in [0.2, 0.25) is 0 Å². The highest BCUT2D eigenvalue weighted by atomic mass is 16.5. The molecule has 7 nitrogen and oxygen atoms in total. The van der Waals surface area contributed by atoms with Crippen molar-refractivity contribution in [3.05, 3.63) is 0 Å². The maximum Gasteiger partial charge on any atom is 0.320 e. The van der Waals surface area contributed by atoms with E-state index < -0.39 is 5.97 Å². The smallest absolute Gasteiger partial charge is 0.320 e. The zero-order valence-electron chi connectivity index (χ0n) is 11.1. The first-order chi connectivity index (χ1) is 9.11. The molecule has 1 N–H and O–H groups in total. The van der Waals surface area contributed by atoms with E-state index in [1.54, 1.807) is 16.9 Å². The van der Waals surface area contributed by atoms with Gasteiger partial charge in [-0.3, -0.25) is 4.79 Å². The van der Waals surface area contributed by atoms with Gasteiger partial charge in [-0.15, -0.1) is 0 Å². The van der Waals surface area contributed by atoms with Crippen LogP contribution in [0.5, 0.6) is 0 Å². The lowest BCUT2D eigenvalue weighted by Gasteiger charge is -2.37. The minimum absolute atomic E-state index is 0.0761. The van der Waals surface area contributed by atoms with Gasteiger partial charge in [-0.05, 0) is 6.42 Å². The number of amides is 2. The van der Waals surface area contributed by atoms with Crippen LogP contribution in [-0.2, 0) is 14.3 Å². The van der Waals surface area contributed by atoms with E-state index in [-0.39, 0.29) is 24.6 Å². The van der Waals surface area contributed by atoms with E-state index in [2.05, 4.69) is 0 Å². The van der Waals surface area contributed by atoms with Gasteiger partial charge in [0.15, 0.2) is 0 Å². The van der Waals surface area contributed by atoms with E-state index in [4.69, 9.17) is 14.6 Å². The lowest BCUT2D eigenvalue weighted by molar-refractivity contribution is -0.139. The second-order valence-corrected chi connectivity index (χ2v) is 4.89. The average molecular weight is 272 g/mol. The van der Waals surface area contributed by atoms with Gasteiger partial charge < -0.3 is 24.4 Å². The number of carbonyl (C=O) groups excluding carboxylic acids is 1. The number of likely N-dealkylation sites (tertiary alicyclic amines) is 1.